The van der Waals surface area contributed by atoms with E-state index in [0.29, 0.717) is 0 Å². The SMILES string of the molecule is CCCCCCCCCCCCN(CCCCCCCCCC)c1ccc(C)cc1. The van der Waals surface area contributed by atoms with Gasteiger partial charge in [0.1, 0.15) is 0 Å². The van der Waals surface area contributed by atoms with Crippen LogP contribution in [0.2, 0.25) is 0 Å². The lowest BCUT2D eigenvalue weighted by atomic mass is 10.1. The van der Waals surface area contributed by atoms with E-state index in [-0.39, 0.29) is 0 Å². The zero-order valence-corrected chi connectivity index (χ0v) is 20.9. The predicted molar refractivity (Wildman–Crippen MR) is 138 cm³/mol. The molecule has 0 aromatic heterocycles. The van der Waals surface area contributed by atoms with Crippen LogP contribution in [0.25, 0.3) is 0 Å². The van der Waals surface area contributed by atoms with Crippen LogP contribution in [-0.4, -0.2) is 13.1 Å². The summed E-state index contributed by atoms with van der Waals surface area (Å²) in [5.41, 5.74) is 2.80. The molecule has 0 saturated carbocycles. The van der Waals surface area contributed by atoms with E-state index in [9.17, 15) is 0 Å². The van der Waals surface area contributed by atoms with Crippen molar-refractivity contribution in [2.45, 2.75) is 136 Å². The lowest BCUT2D eigenvalue weighted by Gasteiger charge is -2.25. The van der Waals surface area contributed by atoms with Crippen molar-refractivity contribution < 1.29 is 0 Å². The first-order valence-electron chi connectivity index (χ1n) is 13.6. The minimum atomic E-state index is 1.23. The third kappa shape index (κ3) is 14.9. The molecule has 0 bridgehead atoms. The maximum absolute atomic E-state index is 2.65. The average molecular weight is 416 g/mol. The Hall–Kier alpha value is -0.980. The molecule has 1 aromatic rings. The molecule has 0 aliphatic carbocycles. The van der Waals surface area contributed by atoms with E-state index in [1.54, 1.807) is 0 Å². The van der Waals surface area contributed by atoms with Gasteiger partial charge in [-0.3, -0.25) is 0 Å². The molecule has 0 atom stereocenters. The quantitative estimate of drug-likeness (QED) is 0.180. The fourth-order valence-electron chi connectivity index (χ4n) is 4.35. The fourth-order valence-corrected chi connectivity index (χ4v) is 4.35. The monoisotopic (exact) mass is 415 g/mol. The Kier molecular flexibility index (Phi) is 18.0. The summed E-state index contributed by atoms with van der Waals surface area (Å²) < 4.78 is 0. The molecule has 0 amide bonds. The van der Waals surface area contributed by atoms with Crippen LogP contribution in [0.3, 0.4) is 0 Å². The van der Waals surface area contributed by atoms with Crippen LogP contribution in [0.4, 0.5) is 5.69 Å². The highest BCUT2D eigenvalue weighted by molar-refractivity contribution is 5.47. The highest BCUT2D eigenvalue weighted by Gasteiger charge is 2.06. The first-order chi connectivity index (χ1) is 14.8. The second-order valence-corrected chi connectivity index (χ2v) is 9.48. The van der Waals surface area contributed by atoms with Crippen molar-refractivity contribution in [2.75, 3.05) is 18.0 Å². The number of hydrogen-bond donors (Lipinski definition) is 0. The topological polar surface area (TPSA) is 3.24 Å². The van der Waals surface area contributed by atoms with Crippen LogP contribution >= 0.6 is 0 Å². The van der Waals surface area contributed by atoms with Crippen molar-refractivity contribution in [3.8, 4) is 0 Å². The van der Waals surface area contributed by atoms with E-state index in [4.69, 9.17) is 0 Å². The molecule has 0 saturated heterocycles. The van der Waals surface area contributed by atoms with Crippen molar-refractivity contribution >= 4 is 5.69 Å². The summed E-state index contributed by atoms with van der Waals surface area (Å²) in [4.78, 5) is 2.65. The van der Waals surface area contributed by atoms with Crippen LogP contribution in [0, 0.1) is 6.92 Å². The minimum absolute atomic E-state index is 1.23. The van der Waals surface area contributed by atoms with Gasteiger partial charge in [0.05, 0.1) is 0 Å². The number of anilines is 1. The molecule has 30 heavy (non-hydrogen) atoms. The maximum Gasteiger partial charge on any atom is 0.0366 e. The van der Waals surface area contributed by atoms with Crippen molar-refractivity contribution in [3.05, 3.63) is 29.8 Å². The molecule has 1 rings (SSSR count). The zero-order valence-electron chi connectivity index (χ0n) is 20.9. The summed E-state index contributed by atoms with van der Waals surface area (Å²) in [5, 5.41) is 0. The van der Waals surface area contributed by atoms with E-state index in [1.165, 1.54) is 140 Å². The predicted octanol–water partition coefficient (Wildman–Crippen LogP) is 9.86. The van der Waals surface area contributed by atoms with Gasteiger partial charge in [-0.15, -0.1) is 0 Å². The molecule has 0 N–H and O–H groups in total. The molecular formula is C29H53N. The normalized spacial score (nSPS) is 11.2. The van der Waals surface area contributed by atoms with Gasteiger partial charge < -0.3 is 4.90 Å². The molecule has 0 spiro atoms. The summed E-state index contributed by atoms with van der Waals surface area (Å²) in [6.45, 7) is 9.25. The lowest BCUT2D eigenvalue weighted by Crippen LogP contribution is -2.25. The van der Waals surface area contributed by atoms with E-state index in [1.807, 2.05) is 0 Å². The van der Waals surface area contributed by atoms with Gasteiger partial charge in [0.25, 0.3) is 0 Å². The number of nitrogens with zero attached hydrogens (tertiary/aromatic N) is 1. The van der Waals surface area contributed by atoms with Crippen LogP contribution < -0.4 is 4.90 Å². The molecule has 0 aliphatic rings. The Morgan fingerprint density at radius 1 is 0.467 bits per heavy atom. The summed E-state index contributed by atoms with van der Waals surface area (Å²) in [6, 6.07) is 9.20. The summed E-state index contributed by atoms with van der Waals surface area (Å²) >= 11 is 0. The maximum atomic E-state index is 2.65. The second kappa shape index (κ2) is 20.0. The molecule has 0 fully saturated rings. The average Bonchev–Trinajstić information content (AvgIpc) is 2.76. The third-order valence-corrected chi connectivity index (χ3v) is 6.46. The molecule has 174 valence electrons. The number of rotatable bonds is 21. The summed E-state index contributed by atoms with van der Waals surface area (Å²) in [7, 11) is 0. The molecule has 0 heterocycles. The van der Waals surface area contributed by atoms with Gasteiger partial charge in [0.15, 0.2) is 0 Å². The lowest BCUT2D eigenvalue weighted by molar-refractivity contribution is 0.547. The van der Waals surface area contributed by atoms with Gasteiger partial charge in [-0.2, -0.15) is 0 Å². The Balaban J connectivity index is 2.19. The minimum Gasteiger partial charge on any atom is -0.372 e. The molecule has 1 aromatic carbocycles. The summed E-state index contributed by atoms with van der Waals surface area (Å²) in [6.07, 6.45) is 25.4. The third-order valence-electron chi connectivity index (χ3n) is 6.46. The Labute approximate surface area is 190 Å². The van der Waals surface area contributed by atoms with E-state index < -0.39 is 0 Å². The molecule has 1 heteroatoms. The molecule has 1 nitrogen and oxygen atoms in total. The van der Waals surface area contributed by atoms with Gasteiger partial charge in [-0.25, -0.2) is 0 Å². The number of benzene rings is 1. The zero-order chi connectivity index (χ0) is 21.7. The summed E-state index contributed by atoms with van der Waals surface area (Å²) in [5.74, 6) is 0. The molecule has 0 radical (unpaired) electrons. The number of aryl methyl sites for hydroxylation is 1. The van der Waals surface area contributed by atoms with Gasteiger partial charge in [0, 0.05) is 18.8 Å². The van der Waals surface area contributed by atoms with E-state index in [2.05, 4.69) is 49.9 Å². The van der Waals surface area contributed by atoms with Crippen molar-refractivity contribution in [2.24, 2.45) is 0 Å². The number of hydrogen-bond acceptors (Lipinski definition) is 1. The van der Waals surface area contributed by atoms with E-state index in [0.717, 1.165) is 0 Å². The number of unbranched alkanes of at least 4 members (excludes halogenated alkanes) is 16. The first-order valence-corrected chi connectivity index (χ1v) is 13.6. The van der Waals surface area contributed by atoms with Crippen molar-refractivity contribution in [1.82, 2.24) is 0 Å². The van der Waals surface area contributed by atoms with Crippen molar-refractivity contribution in [3.63, 3.8) is 0 Å². The van der Waals surface area contributed by atoms with Gasteiger partial charge in [0.2, 0.25) is 0 Å². The van der Waals surface area contributed by atoms with Crippen LogP contribution in [0.1, 0.15) is 135 Å². The van der Waals surface area contributed by atoms with E-state index >= 15 is 0 Å². The fraction of sp³-hybridized carbons (Fsp3) is 0.793. The standard InChI is InChI=1S/C29H53N/c1-4-6-8-10-12-14-15-17-19-21-27-30(29-24-22-28(3)23-25-29)26-20-18-16-13-11-9-7-5-2/h22-25H,4-21,26-27H2,1-3H3. The van der Waals surface area contributed by atoms with Crippen LogP contribution in [-0.2, 0) is 0 Å². The van der Waals surface area contributed by atoms with Crippen LogP contribution in [0.15, 0.2) is 24.3 Å². The highest BCUT2D eigenvalue weighted by Crippen LogP contribution is 2.18. The molecule has 0 aliphatic heterocycles. The Morgan fingerprint density at radius 2 is 0.800 bits per heavy atom. The highest BCUT2D eigenvalue weighted by atomic mass is 15.1. The molecule has 0 unspecified atom stereocenters. The van der Waals surface area contributed by atoms with Crippen LogP contribution in [0.5, 0.6) is 0 Å². The largest absolute Gasteiger partial charge is 0.372 e. The Morgan fingerprint density at radius 3 is 1.17 bits per heavy atom. The second-order valence-electron chi connectivity index (χ2n) is 9.48. The van der Waals surface area contributed by atoms with Crippen molar-refractivity contribution in [1.29, 1.82) is 0 Å². The van der Waals surface area contributed by atoms with Gasteiger partial charge >= 0.3 is 0 Å². The van der Waals surface area contributed by atoms with Gasteiger partial charge in [-0.05, 0) is 31.9 Å². The smallest absolute Gasteiger partial charge is 0.0366 e. The molecular weight excluding hydrogens is 362 g/mol. The Bertz CT molecular complexity index is 464. The first kappa shape index (κ1) is 27.1. The van der Waals surface area contributed by atoms with Gasteiger partial charge in [-0.1, -0.05) is 134 Å².